The smallest absolute Gasteiger partial charge is 0.185 e. The van der Waals surface area contributed by atoms with Crippen LogP contribution in [0, 0.1) is 0 Å². The number of rotatable bonds is 1. The summed E-state index contributed by atoms with van der Waals surface area (Å²) in [7, 11) is 1.73. The number of hydrogen-bond donors (Lipinski definition) is 0. The third-order valence-electron chi connectivity index (χ3n) is 0.451. The second kappa shape index (κ2) is 5.93. The number of alkyl halides is 1. The molecular formula is C4H6I2N2. The molecule has 0 bridgehead atoms. The van der Waals surface area contributed by atoms with E-state index in [1.54, 1.807) is 7.05 Å². The minimum Gasteiger partial charge on any atom is -0.265 e. The van der Waals surface area contributed by atoms with Gasteiger partial charge in [0.2, 0.25) is 0 Å². The maximum absolute atomic E-state index is 3.97. The molecular weight excluding hydrogens is 330 g/mol. The number of amidine groups is 1. The summed E-state index contributed by atoms with van der Waals surface area (Å²) in [6.45, 7) is 0. The first-order chi connectivity index (χ1) is 3.81. The minimum absolute atomic E-state index is 0.805. The summed E-state index contributed by atoms with van der Waals surface area (Å²) < 4.78 is 1.75. The molecule has 0 aromatic heterocycles. The van der Waals surface area contributed by atoms with Crippen LogP contribution in [0.5, 0.6) is 0 Å². The molecule has 0 aromatic carbocycles. The molecule has 0 saturated carbocycles. The summed E-state index contributed by atoms with van der Waals surface area (Å²) in [6.07, 6.45) is 1.83. The van der Waals surface area contributed by atoms with Gasteiger partial charge in [-0.05, 0) is 0 Å². The van der Waals surface area contributed by atoms with Crippen LogP contribution in [0.4, 0.5) is 0 Å². The van der Waals surface area contributed by atoms with Gasteiger partial charge in [0.05, 0.1) is 0 Å². The molecule has 0 aliphatic heterocycles. The molecule has 0 amide bonds. The van der Waals surface area contributed by atoms with Crippen LogP contribution in [0.3, 0.4) is 0 Å². The molecule has 0 saturated heterocycles. The van der Waals surface area contributed by atoms with Gasteiger partial charge in [-0.1, -0.05) is 22.6 Å². The Balaban J connectivity index is 3.53. The van der Waals surface area contributed by atoms with Gasteiger partial charge >= 0.3 is 0 Å². The molecule has 46 valence electrons. The van der Waals surface area contributed by atoms with Crippen LogP contribution in [0.1, 0.15) is 0 Å². The van der Waals surface area contributed by atoms with Crippen molar-refractivity contribution in [1.82, 2.24) is 0 Å². The third kappa shape index (κ3) is 4.95. The Hall–Kier alpha value is 0.800. The van der Waals surface area contributed by atoms with Gasteiger partial charge in [0.1, 0.15) is 0 Å². The molecule has 0 spiro atoms. The van der Waals surface area contributed by atoms with E-state index in [1.807, 2.05) is 6.21 Å². The maximum atomic E-state index is 3.97. The van der Waals surface area contributed by atoms with Crippen molar-refractivity contribution in [3.8, 4) is 0 Å². The van der Waals surface area contributed by atoms with Crippen LogP contribution in [0.15, 0.2) is 9.98 Å². The normalized spacial score (nSPS) is 13.1. The summed E-state index contributed by atoms with van der Waals surface area (Å²) in [4.78, 5) is 7.79. The van der Waals surface area contributed by atoms with Crippen molar-refractivity contribution in [3.05, 3.63) is 0 Å². The number of nitrogens with zero attached hydrogens (tertiary/aromatic N) is 2. The van der Waals surface area contributed by atoms with Crippen molar-refractivity contribution in [2.75, 3.05) is 11.5 Å². The molecule has 0 aromatic rings. The van der Waals surface area contributed by atoms with E-state index in [9.17, 15) is 0 Å². The quantitative estimate of drug-likeness (QED) is 0.230. The number of aliphatic imine (C=N–C) groups is 2. The van der Waals surface area contributed by atoms with Crippen LogP contribution in [0.25, 0.3) is 0 Å². The molecule has 0 N–H and O–H groups in total. The Kier molecular flexibility index (Phi) is 6.52. The first kappa shape index (κ1) is 8.80. The molecule has 8 heavy (non-hydrogen) atoms. The van der Waals surface area contributed by atoms with E-state index in [4.69, 9.17) is 0 Å². The summed E-state index contributed by atoms with van der Waals surface area (Å²) >= 11 is 4.31. The Morgan fingerprint density at radius 3 is 2.75 bits per heavy atom. The fourth-order valence-corrected chi connectivity index (χ4v) is 0.561. The van der Waals surface area contributed by atoms with Gasteiger partial charge in [0, 0.05) is 40.3 Å². The van der Waals surface area contributed by atoms with Crippen LogP contribution in [0.2, 0.25) is 0 Å². The van der Waals surface area contributed by atoms with Gasteiger partial charge in [-0.2, -0.15) is 0 Å². The maximum Gasteiger partial charge on any atom is 0.185 e. The second-order valence-corrected chi connectivity index (χ2v) is 2.80. The van der Waals surface area contributed by atoms with Crippen LogP contribution in [-0.2, 0) is 0 Å². The van der Waals surface area contributed by atoms with E-state index in [2.05, 4.69) is 55.2 Å². The minimum atomic E-state index is 0.805. The van der Waals surface area contributed by atoms with Crippen molar-refractivity contribution in [1.29, 1.82) is 0 Å². The zero-order valence-corrected chi connectivity index (χ0v) is 8.75. The van der Waals surface area contributed by atoms with Crippen molar-refractivity contribution in [3.63, 3.8) is 0 Å². The lowest BCUT2D eigenvalue weighted by atomic mass is 10.9. The van der Waals surface area contributed by atoms with Gasteiger partial charge in [0.25, 0.3) is 0 Å². The topological polar surface area (TPSA) is 24.7 Å². The molecule has 0 heterocycles. The van der Waals surface area contributed by atoms with E-state index in [0.29, 0.717) is 0 Å². The van der Waals surface area contributed by atoms with Crippen molar-refractivity contribution in [2.45, 2.75) is 0 Å². The van der Waals surface area contributed by atoms with Crippen LogP contribution < -0.4 is 0 Å². The third-order valence-corrected chi connectivity index (χ3v) is 1.61. The Morgan fingerprint density at radius 1 is 1.75 bits per heavy atom. The molecule has 0 fully saturated rings. The lowest BCUT2D eigenvalue weighted by molar-refractivity contribution is 1.44. The SMILES string of the molecule is C/N=C(I)/N=C\CI. The monoisotopic (exact) mass is 336 g/mol. The van der Waals surface area contributed by atoms with Gasteiger partial charge in [-0.3, -0.25) is 4.99 Å². The fourth-order valence-electron chi connectivity index (χ4n) is 0.168. The summed E-state index contributed by atoms with van der Waals surface area (Å²) in [5.74, 6) is 0. The zero-order chi connectivity index (χ0) is 6.41. The summed E-state index contributed by atoms with van der Waals surface area (Å²) in [6, 6.07) is 0. The highest BCUT2D eigenvalue weighted by Gasteiger charge is 1.78. The van der Waals surface area contributed by atoms with Gasteiger partial charge < -0.3 is 0 Å². The van der Waals surface area contributed by atoms with Crippen molar-refractivity contribution >= 4 is 55.2 Å². The predicted molar refractivity (Wildman–Crippen MR) is 54.8 cm³/mol. The summed E-state index contributed by atoms with van der Waals surface area (Å²) in [5, 5.41) is 0. The standard InChI is InChI=1S/C4H6I2N2/c1-7-4(6)8-3-2-5/h3H,2H2,1H3/b7-4+,8-3-. The molecule has 0 aliphatic rings. The highest BCUT2D eigenvalue weighted by Crippen LogP contribution is 1.89. The lowest BCUT2D eigenvalue weighted by Gasteiger charge is -1.80. The molecule has 2 nitrogen and oxygen atoms in total. The van der Waals surface area contributed by atoms with Gasteiger partial charge in [0.15, 0.2) is 3.84 Å². The van der Waals surface area contributed by atoms with Crippen LogP contribution >= 0.6 is 45.2 Å². The summed E-state index contributed by atoms with van der Waals surface area (Å²) in [5.41, 5.74) is 0. The second-order valence-electron chi connectivity index (χ2n) is 0.959. The van der Waals surface area contributed by atoms with E-state index < -0.39 is 0 Å². The Bertz CT molecular complexity index is 109. The lowest BCUT2D eigenvalue weighted by Crippen LogP contribution is -1.80. The van der Waals surface area contributed by atoms with Crippen molar-refractivity contribution in [2.24, 2.45) is 9.98 Å². The first-order valence-corrected chi connectivity index (χ1v) is 4.62. The first-order valence-electron chi connectivity index (χ1n) is 2.02. The average Bonchev–Trinajstić information content (AvgIpc) is 1.83. The highest BCUT2D eigenvalue weighted by atomic mass is 127. The van der Waals surface area contributed by atoms with Gasteiger partial charge in [-0.15, -0.1) is 0 Å². The fraction of sp³-hybridized carbons (Fsp3) is 0.500. The largest absolute Gasteiger partial charge is 0.265 e. The molecule has 0 atom stereocenters. The molecule has 0 radical (unpaired) electrons. The van der Waals surface area contributed by atoms with Gasteiger partial charge in [-0.25, -0.2) is 4.99 Å². The molecule has 4 heteroatoms. The van der Waals surface area contributed by atoms with E-state index in [1.165, 1.54) is 0 Å². The van der Waals surface area contributed by atoms with Crippen LogP contribution in [-0.4, -0.2) is 21.5 Å². The molecule has 0 rings (SSSR count). The average molecular weight is 336 g/mol. The molecule has 0 unspecified atom stereocenters. The predicted octanol–water partition coefficient (Wildman–Crippen LogP) is 1.91. The Labute approximate surface area is 76.1 Å². The van der Waals surface area contributed by atoms with E-state index in [-0.39, 0.29) is 0 Å². The highest BCUT2D eigenvalue weighted by molar-refractivity contribution is 14.1. The van der Waals surface area contributed by atoms with E-state index in [0.717, 1.165) is 8.27 Å². The molecule has 0 aliphatic carbocycles. The number of hydrogen-bond acceptors (Lipinski definition) is 1. The zero-order valence-electron chi connectivity index (χ0n) is 4.43. The number of halogens is 2. The Morgan fingerprint density at radius 2 is 2.38 bits per heavy atom. The van der Waals surface area contributed by atoms with Crippen molar-refractivity contribution < 1.29 is 0 Å². The van der Waals surface area contributed by atoms with E-state index >= 15 is 0 Å².